The van der Waals surface area contributed by atoms with Gasteiger partial charge in [0.15, 0.2) is 11.5 Å². The van der Waals surface area contributed by atoms with Crippen LogP contribution in [0, 0.1) is 12.8 Å². The Morgan fingerprint density at radius 1 is 1.18 bits per heavy atom. The number of alkyl halides is 3. The Balaban J connectivity index is 1.65. The van der Waals surface area contributed by atoms with Crippen molar-refractivity contribution in [1.82, 2.24) is 9.97 Å². The monoisotopic (exact) mass is 461 g/mol. The summed E-state index contributed by atoms with van der Waals surface area (Å²) in [6.45, 7) is 5.45. The number of hydrogen-bond acceptors (Lipinski definition) is 6. The molecule has 3 aromatic rings. The lowest BCUT2D eigenvalue weighted by Gasteiger charge is -2.19. The summed E-state index contributed by atoms with van der Waals surface area (Å²) in [6.07, 6.45) is -3.46. The lowest BCUT2D eigenvalue weighted by molar-refractivity contribution is -0.137. The highest BCUT2D eigenvalue weighted by molar-refractivity contribution is 5.92. The normalized spacial score (nSPS) is 17.2. The third kappa shape index (κ3) is 5.30. The second-order valence-corrected chi connectivity index (χ2v) is 8.17. The van der Waals surface area contributed by atoms with Crippen LogP contribution < -0.4 is 14.8 Å². The summed E-state index contributed by atoms with van der Waals surface area (Å²) in [5, 5.41) is 3.94. The molecule has 1 aliphatic rings. The molecule has 0 bridgehead atoms. The number of aryl methyl sites for hydroxylation is 1. The number of fused-ring (bicyclic) bond motifs is 1. The van der Waals surface area contributed by atoms with Crippen LogP contribution in [0.4, 0.5) is 19.0 Å². The van der Waals surface area contributed by atoms with Crippen LogP contribution in [-0.2, 0) is 10.9 Å². The molecule has 1 N–H and O–H groups in total. The van der Waals surface area contributed by atoms with Gasteiger partial charge in [-0.1, -0.05) is 12.1 Å². The highest BCUT2D eigenvalue weighted by Gasteiger charge is 2.30. The van der Waals surface area contributed by atoms with Gasteiger partial charge in [0.25, 0.3) is 0 Å². The zero-order valence-corrected chi connectivity index (χ0v) is 18.7. The van der Waals surface area contributed by atoms with E-state index in [4.69, 9.17) is 14.2 Å². The van der Waals surface area contributed by atoms with Crippen molar-refractivity contribution in [3.63, 3.8) is 0 Å². The minimum Gasteiger partial charge on any atom is -0.493 e. The molecule has 2 heterocycles. The molecule has 2 atom stereocenters. The quantitative estimate of drug-likeness (QED) is 0.497. The highest BCUT2D eigenvalue weighted by Crippen LogP contribution is 2.36. The molecule has 2 aromatic carbocycles. The Bertz CT molecular complexity index is 1130. The van der Waals surface area contributed by atoms with Crippen LogP contribution in [0.15, 0.2) is 36.4 Å². The summed E-state index contributed by atoms with van der Waals surface area (Å²) < 4.78 is 56.4. The van der Waals surface area contributed by atoms with Gasteiger partial charge in [-0.2, -0.15) is 13.2 Å². The van der Waals surface area contributed by atoms with Gasteiger partial charge >= 0.3 is 6.18 Å². The van der Waals surface area contributed by atoms with Crippen LogP contribution in [0.3, 0.4) is 0 Å². The fourth-order valence-electron chi connectivity index (χ4n) is 3.83. The molecular formula is C24H26F3N3O3. The molecule has 0 unspecified atom stereocenters. The van der Waals surface area contributed by atoms with E-state index in [9.17, 15) is 13.2 Å². The first-order valence-electron chi connectivity index (χ1n) is 10.7. The fourth-order valence-corrected chi connectivity index (χ4v) is 3.83. The van der Waals surface area contributed by atoms with Gasteiger partial charge in [-0.25, -0.2) is 9.97 Å². The molecule has 4 rings (SSSR count). The van der Waals surface area contributed by atoms with E-state index in [0.29, 0.717) is 58.7 Å². The van der Waals surface area contributed by atoms with Crippen LogP contribution in [-0.4, -0.2) is 36.9 Å². The predicted molar refractivity (Wildman–Crippen MR) is 119 cm³/mol. The van der Waals surface area contributed by atoms with E-state index in [1.54, 1.807) is 33.1 Å². The molecule has 1 aromatic heterocycles. The van der Waals surface area contributed by atoms with Crippen molar-refractivity contribution in [2.75, 3.05) is 32.2 Å². The Kier molecular flexibility index (Phi) is 6.60. The maximum atomic E-state index is 13.1. The van der Waals surface area contributed by atoms with Gasteiger partial charge in [0.1, 0.15) is 11.6 Å². The molecule has 0 aliphatic carbocycles. The van der Waals surface area contributed by atoms with Crippen molar-refractivity contribution in [3.8, 4) is 11.5 Å². The number of halogens is 3. The minimum absolute atomic E-state index is 0.318. The first-order valence-corrected chi connectivity index (χ1v) is 10.7. The van der Waals surface area contributed by atoms with Crippen LogP contribution in [0.25, 0.3) is 10.9 Å². The zero-order chi connectivity index (χ0) is 23.6. The molecule has 0 saturated carbocycles. The average Bonchev–Trinajstić information content (AvgIpc) is 3.30. The minimum atomic E-state index is -4.40. The van der Waals surface area contributed by atoms with Crippen molar-refractivity contribution >= 4 is 16.7 Å². The van der Waals surface area contributed by atoms with Crippen molar-refractivity contribution in [2.24, 2.45) is 5.92 Å². The van der Waals surface area contributed by atoms with E-state index in [2.05, 4.69) is 15.3 Å². The molecule has 9 heteroatoms. The van der Waals surface area contributed by atoms with Crippen LogP contribution in [0.2, 0.25) is 0 Å². The number of nitrogens with zero attached hydrogens (tertiary/aromatic N) is 2. The van der Waals surface area contributed by atoms with E-state index in [0.717, 1.165) is 25.2 Å². The van der Waals surface area contributed by atoms with E-state index in [1.165, 1.54) is 6.07 Å². The summed E-state index contributed by atoms with van der Waals surface area (Å²) in [5.74, 6) is 2.47. The van der Waals surface area contributed by atoms with Gasteiger partial charge in [-0.05, 0) is 44.0 Å². The molecule has 33 heavy (non-hydrogen) atoms. The Morgan fingerprint density at radius 2 is 2.00 bits per heavy atom. The van der Waals surface area contributed by atoms with E-state index < -0.39 is 17.8 Å². The predicted octanol–water partition coefficient (Wildman–Crippen LogP) is 5.55. The van der Waals surface area contributed by atoms with Gasteiger partial charge in [0.2, 0.25) is 0 Å². The van der Waals surface area contributed by atoms with E-state index in [-0.39, 0.29) is 0 Å². The number of anilines is 1. The molecule has 0 spiro atoms. The van der Waals surface area contributed by atoms with Crippen molar-refractivity contribution < 1.29 is 27.4 Å². The SMILES string of the molecule is COc1cc2nc(C)nc(N[C@H](C)c3cccc(C(F)(F)F)c3)c2cc1OC[C@H]1CCOC1. The summed E-state index contributed by atoms with van der Waals surface area (Å²) in [5.41, 5.74) is 0.462. The molecule has 0 amide bonds. The number of aromatic nitrogens is 2. The number of ether oxygens (including phenoxy) is 3. The lowest BCUT2D eigenvalue weighted by atomic mass is 10.0. The largest absolute Gasteiger partial charge is 0.493 e. The average molecular weight is 461 g/mol. The second-order valence-electron chi connectivity index (χ2n) is 8.17. The van der Waals surface area contributed by atoms with Crippen molar-refractivity contribution in [2.45, 2.75) is 32.5 Å². The third-order valence-corrected chi connectivity index (χ3v) is 5.66. The topological polar surface area (TPSA) is 65.5 Å². The number of hydrogen-bond donors (Lipinski definition) is 1. The summed E-state index contributed by atoms with van der Waals surface area (Å²) in [4.78, 5) is 9.01. The van der Waals surface area contributed by atoms with Gasteiger partial charge in [-0.3, -0.25) is 0 Å². The third-order valence-electron chi connectivity index (χ3n) is 5.66. The van der Waals surface area contributed by atoms with Crippen LogP contribution in [0.5, 0.6) is 11.5 Å². The summed E-state index contributed by atoms with van der Waals surface area (Å²) in [6, 6.07) is 8.44. The second kappa shape index (κ2) is 9.43. The molecule has 1 saturated heterocycles. The first-order chi connectivity index (χ1) is 15.7. The van der Waals surface area contributed by atoms with Crippen LogP contribution in [0.1, 0.15) is 36.3 Å². The molecule has 1 fully saturated rings. The lowest BCUT2D eigenvalue weighted by Crippen LogP contribution is -2.13. The summed E-state index contributed by atoms with van der Waals surface area (Å²) >= 11 is 0. The van der Waals surface area contributed by atoms with E-state index >= 15 is 0 Å². The Labute approximate surface area is 190 Å². The summed E-state index contributed by atoms with van der Waals surface area (Å²) in [7, 11) is 1.57. The van der Waals surface area contributed by atoms with Gasteiger partial charge in [0, 0.05) is 30.0 Å². The van der Waals surface area contributed by atoms with E-state index in [1.807, 2.05) is 6.07 Å². The number of rotatable bonds is 7. The standard InChI is InChI=1S/C24H26F3N3O3/c1-14(17-5-4-6-18(9-17)24(25,26)27)28-23-19-10-22(33-13-16-7-8-32-12-16)21(31-3)11-20(19)29-15(2)30-23/h4-6,9-11,14,16H,7-8,12-13H2,1-3H3,(H,28,29,30)/t14-,16+/m1/s1. The van der Waals surface area contributed by atoms with Gasteiger partial charge < -0.3 is 19.5 Å². The van der Waals surface area contributed by atoms with Crippen molar-refractivity contribution in [3.05, 3.63) is 53.3 Å². The first kappa shape index (κ1) is 23.1. The Hall–Kier alpha value is -3.07. The molecule has 1 aliphatic heterocycles. The van der Waals surface area contributed by atoms with Crippen LogP contribution >= 0.6 is 0 Å². The molecular weight excluding hydrogens is 435 g/mol. The molecule has 176 valence electrons. The molecule has 0 radical (unpaired) electrons. The highest BCUT2D eigenvalue weighted by atomic mass is 19.4. The van der Waals surface area contributed by atoms with Gasteiger partial charge in [0.05, 0.1) is 31.4 Å². The van der Waals surface area contributed by atoms with Gasteiger partial charge in [-0.15, -0.1) is 0 Å². The Morgan fingerprint density at radius 3 is 2.70 bits per heavy atom. The number of nitrogens with one attached hydrogen (secondary N) is 1. The molecule has 6 nitrogen and oxygen atoms in total. The maximum Gasteiger partial charge on any atom is 0.416 e. The fraction of sp³-hybridized carbons (Fsp3) is 0.417. The maximum absolute atomic E-state index is 13.1. The number of methoxy groups -OCH3 is 1. The zero-order valence-electron chi connectivity index (χ0n) is 18.7. The smallest absolute Gasteiger partial charge is 0.416 e. The number of benzene rings is 2. The van der Waals surface area contributed by atoms with Crippen molar-refractivity contribution in [1.29, 1.82) is 0 Å².